The van der Waals surface area contributed by atoms with Gasteiger partial charge in [0.15, 0.2) is 0 Å². The van der Waals surface area contributed by atoms with Gasteiger partial charge in [-0.05, 0) is 31.7 Å². The van der Waals surface area contributed by atoms with Crippen molar-refractivity contribution < 1.29 is 9.90 Å². The quantitative estimate of drug-likeness (QED) is 0.824. The molecule has 1 aliphatic heterocycles. The third kappa shape index (κ3) is 3.27. The number of aliphatic hydroxyl groups excluding tert-OH is 1. The molecule has 2 aliphatic rings. The first-order valence-electron chi connectivity index (χ1n) is 7.82. The van der Waals surface area contributed by atoms with E-state index in [0.29, 0.717) is 12.5 Å². The van der Waals surface area contributed by atoms with E-state index < -0.39 is 0 Å². The van der Waals surface area contributed by atoms with Gasteiger partial charge in [0, 0.05) is 44.1 Å². The van der Waals surface area contributed by atoms with Crippen molar-refractivity contribution in [1.82, 2.24) is 20.0 Å². The molecule has 0 bridgehead atoms. The molecule has 6 nitrogen and oxygen atoms in total. The van der Waals surface area contributed by atoms with Crippen LogP contribution in [0.4, 0.5) is 0 Å². The molecule has 2 fully saturated rings. The van der Waals surface area contributed by atoms with Gasteiger partial charge in [-0.15, -0.1) is 0 Å². The Bertz CT molecular complexity index is 502. The SMILES string of the molecule is Cn1nccc1CC(=O)N[C@@H]1CCC[C@@H]1N1CCC(O)C1. The van der Waals surface area contributed by atoms with Gasteiger partial charge in [0.2, 0.25) is 5.91 Å². The molecule has 1 aliphatic carbocycles. The number of likely N-dealkylation sites (tertiary alicyclic amines) is 1. The van der Waals surface area contributed by atoms with E-state index in [1.807, 2.05) is 13.1 Å². The maximum absolute atomic E-state index is 12.2. The summed E-state index contributed by atoms with van der Waals surface area (Å²) in [6.07, 6.45) is 6.05. The maximum Gasteiger partial charge on any atom is 0.226 e. The summed E-state index contributed by atoms with van der Waals surface area (Å²) in [5, 5.41) is 17.0. The second-order valence-electron chi connectivity index (χ2n) is 6.23. The third-order valence-electron chi connectivity index (χ3n) is 4.75. The molecule has 1 amide bonds. The van der Waals surface area contributed by atoms with E-state index in [9.17, 15) is 9.90 Å². The number of aromatic nitrogens is 2. The van der Waals surface area contributed by atoms with Crippen LogP contribution in [0.2, 0.25) is 0 Å². The Morgan fingerprint density at radius 1 is 1.48 bits per heavy atom. The van der Waals surface area contributed by atoms with Crippen LogP contribution < -0.4 is 5.32 Å². The molecule has 2 N–H and O–H groups in total. The molecule has 21 heavy (non-hydrogen) atoms. The van der Waals surface area contributed by atoms with Gasteiger partial charge in [0.25, 0.3) is 0 Å². The zero-order valence-corrected chi connectivity index (χ0v) is 12.5. The highest BCUT2D eigenvalue weighted by Gasteiger charge is 2.36. The van der Waals surface area contributed by atoms with Gasteiger partial charge in [-0.2, -0.15) is 5.10 Å². The van der Waals surface area contributed by atoms with Crippen molar-refractivity contribution in [1.29, 1.82) is 0 Å². The van der Waals surface area contributed by atoms with Gasteiger partial charge in [-0.25, -0.2) is 0 Å². The predicted molar refractivity (Wildman–Crippen MR) is 78.7 cm³/mol. The summed E-state index contributed by atoms with van der Waals surface area (Å²) < 4.78 is 1.74. The number of aliphatic hydroxyl groups is 1. The largest absolute Gasteiger partial charge is 0.392 e. The first-order valence-corrected chi connectivity index (χ1v) is 7.82. The molecular formula is C15H24N4O2. The zero-order chi connectivity index (χ0) is 14.8. The Morgan fingerprint density at radius 2 is 2.33 bits per heavy atom. The lowest BCUT2D eigenvalue weighted by Crippen LogP contribution is -2.48. The summed E-state index contributed by atoms with van der Waals surface area (Å²) in [5.74, 6) is 0.0650. The maximum atomic E-state index is 12.2. The molecule has 1 aromatic heterocycles. The van der Waals surface area contributed by atoms with E-state index >= 15 is 0 Å². The molecular weight excluding hydrogens is 268 g/mol. The monoisotopic (exact) mass is 292 g/mol. The van der Waals surface area contributed by atoms with Crippen LogP contribution in [0.5, 0.6) is 0 Å². The van der Waals surface area contributed by atoms with E-state index in [1.54, 1.807) is 10.9 Å². The molecule has 3 rings (SSSR count). The highest BCUT2D eigenvalue weighted by molar-refractivity contribution is 5.78. The van der Waals surface area contributed by atoms with Crippen molar-refractivity contribution in [3.05, 3.63) is 18.0 Å². The number of nitrogens with one attached hydrogen (secondary N) is 1. The molecule has 0 aromatic carbocycles. The summed E-state index contributed by atoms with van der Waals surface area (Å²) in [4.78, 5) is 14.6. The van der Waals surface area contributed by atoms with Crippen molar-refractivity contribution in [2.24, 2.45) is 7.05 Å². The molecule has 1 saturated carbocycles. The van der Waals surface area contributed by atoms with Gasteiger partial charge in [0.1, 0.15) is 0 Å². The number of carbonyl (C=O) groups excluding carboxylic acids is 1. The van der Waals surface area contributed by atoms with Crippen LogP contribution in [0, 0.1) is 0 Å². The van der Waals surface area contributed by atoms with Crippen LogP contribution in [0.15, 0.2) is 12.3 Å². The van der Waals surface area contributed by atoms with E-state index in [-0.39, 0.29) is 18.1 Å². The van der Waals surface area contributed by atoms with Crippen LogP contribution in [-0.4, -0.2) is 57.0 Å². The third-order valence-corrected chi connectivity index (χ3v) is 4.75. The van der Waals surface area contributed by atoms with Crippen LogP contribution in [0.25, 0.3) is 0 Å². The molecule has 6 heteroatoms. The minimum absolute atomic E-state index is 0.0650. The number of hydrogen-bond acceptors (Lipinski definition) is 4. The highest BCUT2D eigenvalue weighted by Crippen LogP contribution is 2.27. The van der Waals surface area contributed by atoms with E-state index in [0.717, 1.165) is 44.5 Å². The number of rotatable bonds is 4. The van der Waals surface area contributed by atoms with Crippen molar-refractivity contribution in [3.63, 3.8) is 0 Å². The first kappa shape index (κ1) is 14.5. The minimum atomic E-state index is -0.198. The molecule has 3 atom stereocenters. The van der Waals surface area contributed by atoms with Crippen LogP contribution in [-0.2, 0) is 18.3 Å². The fraction of sp³-hybridized carbons (Fsp3) is 0.733. The molecule has 116 valence electrons. The normalized spacial score (nSPS) is 29.9. The van der Waals surface area contributed by atoms with Crippen molar-refractivity contribution >= 4 is 5.91 Å². The average Bonchev–Trinajstić information content (AvgIpc) is 3.13. The van der Waals surface area contributed by atoms with Crippen LogP contribution in [0.3, 0.4) is 0 Å². The summed E-state index contributed by atoms with van der Waals surface area (Å²) in [5.41, 5.74) is 0.929. The lowest BCUT2D eigenvalue weighted by molar-refractivity contribution is -0.121. The van der Waals surface area contributed by atoms with Gasteiger partial charge in [-0.1, -0.05) is 0 Å². The topological polar surface area (TPSA) is 70.4 Å². The van der Waals surface area contributed by atoms with Gasteiger partial charge >= 0.3 is 0 Å². The summed E-state index contributed by atoms with van der Waals surface area (Å²) in [6.45, 7) is 1.69. The lowest BCUT2D eigenvalue weighted by atomic mass is 10.1. The second-order valence-corrected chi connectivity index (χ2v) is 6.23. The fourth-order valence-electron chi connectivity index (χ4n) is 3.61. The zero-order valence-electron chi connectivity index (χ0n) is 12.5. The number of carbonyl (C=O) groups is 1. The highest BCUT2D eigenvalue weighted by atomic mass is 16.3. The Balaban J connectivity index is 1.56. The fourth-order valence-corrected chi connectivity index (χ4v) is 3.61. The summed E-state index contributed by atoms with van der Waals surface area (Å²) in [6, 6.07) is 2.48. The second kappa shape index (κ2) is 6.15. The standard InChI is InChI=1S/C15H24N4O2/c1-18-11(5-7-16-18)9-15(21)17-13-3-2-4-14(13)19-8-6-12(20)10-19/h5,7,12-14,20H,2-4,6,8-10H2,1H3,(H,17,21)/t12?,13-,14+/m1/s1. The molecule has 1 aromatic rings. The van der Waals surface area contributed by atoms with E-state index in [1.165, 1.54) is 0 Å². The molecule has 2 heterocycles. The lowest BCUT2D eigenvalue weighted by Gasteiger charge is -2.29. The Hall–Kier alpha value is -1.40. The average molecular weight is 292 g/mol. The number of aryl methyl sites for hydroxylation is 1. The van der Waals surface area contributed by atoms with Gasteiger partial charge in [0.05, 0.1) is 12.5 Å². The number of β-amino-alcohol motifs (C(OH)–C–C–N with tert-alkyl or cyclic N) is 1. The van der Waals surface area contributed by atoms with Crippen molar-refractivity contribution in [2.45, 2.75) is 50.3 Å². The van der Waals surface area contributed by atoms with Crippen LogP contribution >= 0.6 is 0 Å². The Morgan fingerprint density at radius 3 is 3.00 bits per heavy atom. The minimum Gasteiger partial charge on any atom is -0.392 e. The van der Waals surface area contributed by atoms with Crippen LogP contribution in [0.1, 0.15) is 31.4 Å². The van der Waals surface area contributed by atoms with E-state index in [4.69, 9.17) is 0 Å². The van der Waals surface area contributed by atoms with Gasteiger partial charge in [-0.3, -0.25) is 14.4 Å². The number of amides is 1. The number of hydrogen-bond donors (Lipinski definition) is 2. The predicted octanol–water partition coefficient (Wildman–Crippen LogP) is 0.0665. The summed E-state index contributed by atoms with van der Waals surface area (Å²) >= 11 is 0. The molecule has 1 saturated heterocycles. The smallest absolute Gasteiger partial charge is 0.226 e. The molecule has 1 unspecified atom stereocenters. The molecule has 0 radical (unpaired) electrons. The Labute approximate surface area is 125 Å². The summed E-state index contributed by atoms with van der Waals surface area (Å²) in [7, 11) is 1.85. The molecule has 0 spiro atoms. The number of nitrogens with zero attached hydrogens (tertiary/aromatic N) is 3. The Kier molecular flexibility index (Phi) is 4.26. The van der Waals surface area contributed by atoms with Gasteiger partial charge < -0.3 is 10.4 Å². The first-order chi connectivity index (χ1) is 10.1. The van der Waals surface area contributed by atoms with Crippen molar-refractivity contribution in [3.8, 4) is 0 Å². The van der Waals surface area contributed by atoms with Crippen molar-refractivity contribution in [2.75, 3.05) is 13.1 Å². The van der Waals surface area contributed by atoms with E-state index in [2.05, 4.69) is 15.3 Å².